The molecule has 0 spiro atoms. The fourth-order valence-corrected chi connectivity index (χ4v) is 4.49. The van der Waals surface area contributed by atoms with Gasteiger partial charge in [-0.25, -0.2) is 4.68 Å². The number of carbonyl (C=O) groups is 1. The van der Waals surface area contributed by atoms with Gasteiger partial charge in [0.25, 0.3) is 11.6 Å². The number of amides is 1. The molecule has 35 heavy (non-hydrogen) atoms. The van der Waals surface area contributed by atoms with Crippen molar-refractivity contribution in [1.29, 1.82) is 0 Å². The summed E-state index contributed by atoms with van der Waals surface area (Å²) in [7, 11) is 1.62. The van der Waals surface area contributed by atoms with Crippen molar-refractivity contribution >= 4 is 17.5 Å². The number of aryl methyl sites for hydroxylation is 1. The minimum absolute atomic E-state index is 0.141. The van der Waals surface area contributed by atoms with Gasteiger partial charge in [0.15, 0.2) is 0 Å². The van der Waals surface area contributed by atoms with E-state index in [-0.39, 0.29) is 29.2 Å². The van der Waals surface area contributed by atoms with Crippen LogP contribution in [0.15, 0.2) is 79.1 Å². The first kappa shape index (κ1) is 22.3. The van der Waals surface area contributed by atoms with E-state index in [9.17, 15) is 14.9 Å². The van der Waals surface area contributed by atoms with Crippen molar-refractivity contribution in [1.82, 2.24) is 14.8 Å². The summed E-state index contributed by atoms with van der Waals surface area (Å²) < 4.78 is 7.04. The molecule has 5 rings (SSSR count). The topological polar surface area (TPSA) is 103 Å². The van der Waals surface area contributed by atoms with Gasteiger partial charge in [-0.1, -0.05) is 48.0 Å². The number of methoxy groups -OCH3 is 1. The summed E-state index contributed by atoms with van der Waals surface area (Å²) in [5, 5.41) is 15.8. The number of hydrogen-bond acceptors (Lipinski definition) is 6. The van der Waals surface area contributed by atoms with Crippen molar-refractivity contribution in [3.05, 3.63) is 111 Å². The first-order valence-corrected chi connectivity index (χ1v) is 11.1. The summed E-state index contributed by atoms with van der Waals surface area (Å²) in [6.45, 7) is 2.01. The van der Waals surface area contributed by atoms with E-state index in [4.69, 9.17) is 4.74 Å². The van der Waals surface area contributed by atoms with E-state index in [1.807, 2.05) is 55.5 Å². The van der Waals surface area contributed by atoms with Crippen molar-refractivity contribution in [3.8, 4) is 5.75 Å². The van der Waals surface area contributed by atoms with E-state index in [2.05, 4.69) is 10.1 Å². The molecule has 0 aliphatic carbocycles. The number of non-ortho nitro benzene ring substituents is 1. The Kier molecular flexibility index (Phi) is 5.74. The lowest BCUT2D eigenvalue weighted by atomic mass is 9.91. The molecule has 1 aliphatic rings. The van der Waals surface area contributed by atoms with Crippen LogP contribution in [0.1, 0.15) is 45.6 Å². The van der Waals surface area contributed by atoms with Gasteiger partial charge in [-0.05, 0) is 42.7 Å². The SMILES string of the molecule is COc1ccc([C@@H]2C[C@H](c3ccc(C)cc3)N(C(=O)c3cccc([N+](=O)[O-])c3)c3ncnn32)cc1. The van der Waals surface area contributed by atoms with Crippen molar-refractivity contribution in [2.75, 3.05) is 12.0 Å². The van der Waals surface area contributed by atoms with E-state index in [0.717, 1.165) is 22.4 Å². The van der Waals surface area contributed by atoms with Gasteiger partial charge in [0, 0.05) is 17.7 Å². The van der Waals surface area contributed by atoms with E-state index >= 15 is 0 Å². The Morgan fingerprint density at radius 2 is 1.71 bits per heavy atom. The third-order valence-electron chi connectivity index (χ3n) is 6.31. The minimum atomic E-state index is -0.507. The maximum absolute atomic E-state index is 13.8. The van der Waals surface area contributed by atoms with E-state index in [1.165, 1.54) is 24.5 Å². The number of fused-ring (bicyclic) bond motifs is 1. The Labute approximate surface area is 201 Å². The van der Waals surface area contributed by atoms with Gasteiger partial charge >= 0.3 is 0 Å². The van der Waals surface area contributed by atoms with Crippen LogP contribution in [0.5, 0.6) is 5.75 Å². The fraction of sp³-hybridized carbons (Fsp3) is 0.192. The van der Waals surface area contributed by atoms with E-state index in [0.29, 0.717) is 12.4 Å². The molecule has 2 atom stereocenters. The number of ether oxygens (including phenoxy) is 1. The van der Waals surface area contributed by atoms with Crippen molar-refractivity contribution in [3.63, 3.8) is 0 Å². The number of aromatic nitrogens is 3. The maximum Gasteiger partial charge on any atom is 0.270 e. The highest BCUT2D eigenvalue weighted by Gasteiger charge is 2.40. The van der Waals surface area contributed by atoms with Crippen LogP contribution < -0.4 is 9.64 Å². The summed E-state index contributed by atoms with van der Waals surface area (Å²) >= 11 is 0. The molecular formula is C26H23N5O4. The summed E-state index contributed by atoms with van der Waals surface area (Å²) in [4.78, 5) is 30.7. The van der Waals surface area contributed by atoms with Crippen LogP contribution in [-0.2, 0) is 0 Å². The monoisotopic (exact) mass is 469 g/mol. The van der Waals surface area contributed by atoms with Gasteiger partial charge < -0.3 is 4.74 Å². The van der Waals surface area contributed by atoms with Crippen LogP contribution in [0, 0.1) is 17.0 Å². The van der Waals surface area contributed by atoms with Crippen molar-refractivity contribution in [2.45, 2.75) is 25.4 Å². The molecule has 0 unspecified atom stereocenters. The first-order valence-electron chi connectivity index (χ1n) is 11.1. The standard InChI is InChI=1S/C26H23N5O4/c1-17-6-8-18(9-7-17)23-15-24(19-10-12-22(35-2)13-11-19)30-26(27-16-28-30)29(23)25(32)20-4-3-5-21(14-20)31(33)34/h3-14,16,23-24H,15H2,1-2H3/t23-,24+/m1/s1. The van der Waals surface area contributed by atoms with Gasteiger partial charge in [0.05, 0.1) is 24.1 Å². The molecule has 2 heterocycles. The van der Waals surface area contributed by atoms with Gasteiger partial charge in [0.2, 0.25) is 5.95 Å². The second-order valence-electron chi connectivity index (χ2n) is 8.44. The first-order chi connectivity index (χ1) is 17.0. The quantitative estimate of drug-likeness (QED) is 0.305. The molecule has 0 radical (unpaired) electrons. The van der Waals surface area contributed by atoms with Gasteiger partial charge in [0.1, 0.15) is 12.1 Å². The lowest BCUT2D eigenvalue weighted by Crippen LogP contribution is -2.42. The Hall–Kier alpha value is -4.53. The highest BCUT2D eigenvalue weighted by atomic mass is 16.6. The molecule has 0 bridgehead atoms. The largest absolute Gasteiger partial charge is 0.497 e. The number of benzene rings is 3. The summed E-state index contributed by atoms with van der Waals surface area (Å²) in [5.41, 5.74) is 3.14. The Bertz CT molecular complexity index is 1380. The molecule has 9 nitrogen and oxygen atoms in total. The highest BCUT2D eigenvalue weighted by Crippen LogP contribution is 2.42. The molecule has 1 amide bonds. The zero-order valence-corrected chi connectivity index (χ0v) is 19.2. The number of rotatable bonds is 5. The van der Waals surface area contributed by atoms with Gasteiger partial charge in [-0.3, -0.25) is 19.8 Å². The number of anilines is 1. The summed E-state index contributed by atoms with van der Waals surface area (Å²) in [5.74, 6) is 0.766. The molecule has 176 valence electrons. The van der Waals surface area contributed by atoms with Crippen LogP contribution >= 0.6 is 0 Å². The second-order valence-corrected chi connectivity index (χ2v) is 8.44. The summed E-state index contributed by atoms with van der Waals surface area (Å²) in [6, 6.07) is 21.0. The van der Waals surface area contributed by atoms with Crippen molar-refractivity contribution in [2.24, 2.45) is 0 Å². The molecule has 9 heteroatoms. The third kappa shape index (κ3) is 4.12. The zero-order valence-electron chi connectivity index (χ0n) is 19.2. The average Bonchev–Trinajstić information content (AvgIpc) is 3.38. The lowest BCUT2D eigenvalue weighted by Gasteiger charge is -2.39. The van der Waals surface area contributed by atoms with Crippen LogP contribution in [0.25, 0.3) is 0 Å². The lowest BCUT2D eigenvalue weighted by molar-refractivity contribution is -0.384. The smallest absolute Gasteiger partial charge is 0.270 e. The molecular weight excluding hydrogens is 446 g/mol. The molecule has 0 fully saturated rings. The molecule has 3 aromatic carbocycles. The van der Waals surface area contributed by atoms with Gasteiger partial charge in [-0.2, -0.15) is 10.1 Å². The second kappa shape index (κ2) is 9.02. The predicted molar refractivity (Wildman–Crippen MR) is 130 cm³/mol. The maximum atomic E-state index is 13.8. The number of nitrogens with zero attached hydrogens (tertiary/aromatic N) is 5. The molecule has 0 saturated carbocycles. The number of nitro benzene ring substituents is 1. The Morgan fingerprint density at radius 1 is 1.03 bits per heavy atom. The minimum Gasteiger partial charge on any atom is -0.497 e. The predicted octanol–water partition coefficient (Wildman–Crippen LogP) is 4.88. The van der Waals surface area contributed by atoms with E-state index in [1.54, 1.807) is 22.8 Å². The number of nitro groups is 1. The normalized spacial score (nSPS) is 17.0. The Morgan fingerprint density at radius 3 is 2.40 bits per heavy atom. The number of carbonyl (C=O) groups excluding carboxylic acids is 1. The van der Waals surface area contributed by atoms with Crippen LogP contribution in [0.4, 0.5) is 11.6 Å². The highest BCUT2D eigenvalue weighted by molar-refractivity contribution is 6.06. The van der Waals surface area contributed by atoms with Crippen LogP contribution in [0.3, 0.4) is 0 Å². The van der Waals surface area contributed by atoms with E-state index < -0.39 is 4.92 Å². The summed E-state index contributed by atoms with van der Waals surface area (Å²) in [6.07, 6.45) is 1.98. The van der Waals surface area contributed by atoms with Crippen LogP contribution in [0.2, 0.25) is 0 Å². The Balaban J connectivity index is 1.63. The molecule has 1 aliphatic heterocycles. The third-order valence-corrected chi connectivity index (χ3v) is 6.31. The van der Waals surface area contributed by atoms with Crippen molar-refractivity contribution < 1.29 is 14.5 Å². The fourth-order valence-electron chi connectivity index (χ4n) is 4.49. The molecule has 1 aromatic heterocycles. The molecule has 0 saturated heterocycles. The molecule has 4 aromatic rings. The van der Waals surface area contributed by atoms with Crippen LogP contribution in [-0.4, -0.2) is 32.7 Å². The van der Waals surface area contributed by atoms with Gasteiger partial charge in [-0.15, -0.1) is 0 Å². The average molecular weight is 470 g/mol. The molecule has 0 N–H and O–H groups in total. The number of hydrogen-bond donors (Lipinski definition) is 0. The zero-order chi connectivity index (χ0) is 24.5.